The Kier molecular flexibility index (Phi) is 4.00. The number of hydrogen-bond donors (Lipinski definition) is 2. The first-order valence-corrected chi connectivity index (χ1v) is 7.97. The lowest BCUT2D eigenvalue weighted by Gasteiger charge is -2.05. The summed E-state index contributed by atoms with van der Waals surface area (Å²) >= 11 is 0. The van der Waals surface area contributed by atoms with Crippen LogP contribution < -0.4 is 10.1 Å². The Morgan fingerprint density at radius 2 is 2.24 bits per heavy atom. The van der Waals surface area contributed by atoms with E-state index >= 15 is 0 Å². The van der Waals surface area contributed by atoms with Gasteiger partial charge in [-0.2, -0.15) is 5.10 Å². The molecule has 2 N–H and O–H groups in total. The number of benzene rings is 1. The van der Waals surface area contributed by atoms with Crippen molar-refractivity contribution >= 4 is 17.7 Å². The first kappa shape index (κ1) is 15.1. The van der Waals surface area contributed by atoms with Crippen molar-refractivity contribution in [3.05, 3.63) is 66.3 Å². The van der Waals surface area contributed by atoms with Gasteiger partial charge >= 0.3 is 0 Å². The molecule has 6 nitrogen and oxygen atoms in total. The quantitative estimate of drug-likeness (QED) is 0.720. The SMILES string of the molecule is O=C(C=Cc1cnccc1-c1cn[nH]c1)Nc1ccc2c(c1)OCC2. The van der Waals surface area contributed by atoms with Gasteiger partial charge < -0.3 is 10.1 Å². The van der Waals surface area contributed by atoms with Crippen molar-refractivity contribution in [2.45, 2.75) is 6.42 Å². The molecule has 0 fully saturated rings. The largest absolute Gasteiger partial charge is 0.493 e. The third-order valence-electron chi connectivity index (χ3n) is 4.04. The number of rotatable bonds is 4. The van der Waals surface area contributed by atoms with Gasteiger partial charge in [-0.3, -0.25) is 14.9 Å². The van der Waals surface area contributed by atoms with Crippen molar-refractivity contribution in [3.8, 4) is 16.9 Å². The van der Waals surface area contributed by atoms with Gasteiger partial charge in [-0.1, -0.05) is 6.07 Å². The Morgan fingerprint density at radius 3 is 3.12 bits per heavy atom. The Bertz CT molecular complexity index is 932. The Hall–Kier alpha value is -3.41. The number of hydrogen-bond acceptors (Lipinski definition) is 4. The van der Waals surface area contributed by atoms with Gasteiger partial charge in [0.2, 0.25) is 5.91 Å². The van der Waals surface area contributed by atoms with E-state index in [4.69, 9.17) is 4.74 Å². The molecule has 2 aromatic heterocycles. The van der Waals surface area contributed by atoms with Crippen molar-refractivity contribution in [2.75, 3.05) is 11.9 Å². The van der Waals surface area contributed by atoms with Crippen LogP contribution in [0.1, 0.15) is 11.1 Å². The Labute approximate surface area is 144 Å². The van der Waals surface area contributed by atoms with Crippen molar-refractivity contribution in [1.82, 2.24) is 15.2 Å². The molecule has 0 spiro atoms. The van der Waals surface area contributed by atoms with Gasteiger partial charge in [-0.25, -0.2) is 0 Å². The number of pyridine rings is 1. The normalized spacial score (nSPS) is 12.8. The molecule has 4 rings (SSSR count). The zero-order valence-corrected chi connectivity index (χ0v) is 13.4. The van der Waals surface area contributed by atoms with Crippen molar-refractivity contribution in [2.24, 2.45) is 0 Å². The van der Waals surface area contributed by atoms with E-state index < -0.39 is 0 Å². The van der Waals surface area contributed by atoms with E-state index in [2.05, 4.69) is 20.5 Å². The summed E-state index contributed by atoms with van der Waals surface area (Å²) in [6.45, 7) is 0.699. The van der Waals surface area contributed by atoms with Gasteiger partial charge in [-0.15, -0.1) is 0 Å². The van der Waals surface area contributed by atoms with Crippen molar-refractivity contribution in [1.29, 1.82) is 0 Å². The predicted octanol–water partition coefficient (Wildman–Crippen LogP) is 3.06. The molecule has 0 radical (unpaired) electrons. The summed E-state index contributed by atoms with van der Waals surface area (Å²) in [5.74, 6) is 0.635. The highest BCUT2D eigenvalue weighted by molar-refractivity contribution is 6.02. The Balaban J connectivity index is 1.50. The molecular formula is C19H16N4O2. The predicted molar refractivity (Wildman–Crippen MR) is 95.1 cm³/mol. The van der Waals surface area contributed by atoms with Gasteiger partial charge in [0.05, 0.1) is 12.8 Å². The van der Waals surface area contributed by atoms with Crippen LogP contribution in [0.25, 0.3) is 17.2 Å². The molecule has 1 aliphatic rings. The molecule has 1 aliphatic heterocycles. The number of nitrogens with zero attached hydrogens (tertiary/aromatic N) is 2. The van der Waals surface area contributed by atoms with E-state index in [1.165, 1.54) is 11.6 Å². The zero-order chi connectivity index (χ0) is 17.1. The van der Waals surface area contributed by atoms with Gasteiger partial charge in [0.1, 0.15) is 5.75 Å². The van der Waals surface area contributed by atoms with E-state index in [0.29, 0.717) is 6.61 Å². The fourth-order valence-electron chi connectivity index (χ4n) is 2.79. The first-order valence-electron chi connectivity index (χ1n) is 7.97. The molecule has 0 aliphatic carbocycles. The molecule has 124 valence electrons. The van der Waals surface area contributed by atoms with E-state index in [0.717, 1.165) is 34.5 Å². The third kappa shape index (κ3) is 3.28. The Morgan fingerprint density at radius 1 is 1.28 bits per heavy atom. The van der Waals surface area contributed by atoms with E-state index in [9.17, 15) is 4.79 Å². The van der Waals surface area contributed by atoms with Crippen LogP contribution in [0, 0.1) is 0 Å². The van der Waals surface area contributed by atoms with Crippen molar-refractivity contribution < 1.29 is 9.53 Å². The zero-order valence-electron chi connectivity index (χ0n) is 13.4. The maximum absolute atomic E-state index is 12.2. The van der Waals surface area contributed by atoms with Crippen LogP contribution in [0.3, 0.4) is 0 Å². The monoisotopic (exact) mass is 332 g/mol. The number of aromatic nitrogens is 3. The molecule has 0 unspecified atom stereocenters. The fraction of sp³-hybridized carbons (Fsp3) is 0.105. The summed E-state index contributed by atoms with van der Waals surface area (Å²) in [6.07, 6.45) is 11.1. The third-order valence-corrected chi connectivity index (χ3v) is 4.04. The second-order valence-electron chi connectivity index (χ2n) is 5.69. The molecule has 0 bridgehead atoms. The van der Waals surface area contributed by atoms with Crippen LogP contribution in [0.5, 0.6) is 5.75 Å². The lowest BCUT2D eigenvalue weighted by atomic mass is 10.0. The van der Waals surface area contributed by atoms with Crippen LogP contribution in [0.2, 0.25) is 0 Å². The number of H-pyrrole nitrogens is 1. The maximum Gasteiger partial charge on any atom is 0.248 e. The molecule has 1 amide bonds. The summed E-state index contributed by atoms with van der Waals surface area (Å²) in [5.41, 5.74) is 4.64. The molecule has 25 heavy (non-hydrogen) atoms. The number of nitrogens with one attached hydrogen (secondary N) is 2. The number of anilines is 1. The summed E-state index contributed by atoms with van der Waals surface area (Å²) in [7, 11) is 0. The summed E-state index contributed by atoms with van der Waals surface area (Å²) in [5, 5.41) is 9.60. The van der Waals surface area contributed by atoms with Gasteiger partial charge in [0.15, 0.2) is 0 Å². The average Bonchev–Trinajstić information content (AvgIpc) is 3.31. The highest BCUT2D eigenvalue weighted by Crippen LogP contribution is 2.28. The van der Waals surface area contributed by atoms with Gasteiger partial charge in [0.25, 0.3) is 0 Å². The van der Waals surface area contributed by atoms with E-state index in [1.54, 1.807) is 30.9 Å². The van der Waals surface area contributed by atoms with Gasteiger partial charge in [-0.05, 0) is 29.3 Å². The van der Waals surface area contributed by atoms with Crippen molar-refractivity contribution in [3.63, 3.8) is 0 Å². The van der Waals surface area contributed by atoms with Crippen LogP contribution in [-0.2, 0) is 11.2 Å². The molecule has 3 heterocycles. The first-order chi connectivity index (χ1) is 12.3. The summed E-state index contributed by atoms with van der Waals surface area (Å²) < 4.78 is 5.52. The second-order valence-corrected chi connectivity index (χ2v) is 5.69. The number of fused-ring (bicyclic) bond motifs is 1. The molecule has 3 aromatic rings. The highest BCUT2D eigenvalue weighted by Gasteiger charge is 2.12. The topological polar surface area (TPSA) is 79.9 Å². The van der Waals surface area contributed by atoms with Crippen LogP contribution >= 0.6 is 0 Å². The minimum Gasteiger partial charge on any atom is -0.493 e. The van der Waals surface area contributed by atoms with Crippen LogP contribution in [0.4, 0.5) is 5.69 Å². The fourth-order valence-corrected chi connectivity index (χ4v) is 2.79. The lowest BCUT2D eigenvalue weighted by molar-refractivity contribution is -0.111. The maximum atomic E-state index is 12.2. The van der Waals surface area contributed by atoms with E-state index in [-0.39, 0.29) is 5.91 Å². The average molecular weight is 332 g/mol. The number of aromatic amines is 1. The van der Waals surface area contributed by atoms with Gasteiger partial charge in [0, 0.05) is 54.0 Å². The smallest absolute Gasteiger partial charge is 0.248 e. The molecule has 6 heteroatoms. The van der Waals surface area contributed by atoms with Crippen LogP contribution in [0.15, 0.2) is 55.1 Å². The highest BCUT2D eigenvalue weighted by atomic mass is 16.5. The molecule has 0 saturated carbocycles. The molecule has 0 saturated heterocycles. The molecule has 0 atom stereocenters. The number of carbonyl (C=O) groups excluding carboxylic acids is 1. The van der Waals surface area contributed by atoms with Crippen LogP contribution in [-0.4, -0.2) is 27.7 Å². The lowest BCUT2D eigenvalue weighted by Crippen LogP contribution is -2.07. The summed E-state index contributed by atoms with van der Waals surface area (Å²) in [4.78, 5) is 16.3. The minimum absolute atomic E-state index is 0.208. The number of amides is 1. The minimum atomic E-state index is -0.208. The summed E-state index contributed by atoms with van der Waals surface area (Å²) in [6, 6.07) is 7.62. The molecular weight excluding hydrogens is 316 g/mol. The standard InChI is InChI=1S/C19H16N4O2/c24-19(23-16-3-1-13-6-8-25-18(13)9-16)4-2-14-10-20-7-5-17(14)15-11-21-22-12-15/h1-5,7,9-12H,6,8H2,(H,21,22)(H,23,24). The number of ether oxygens (including phenoxy) is 1. The number of carbonyl (C=O) groups is 1. The second kappa shape index (κ2) is 6.60. The van der Waals surface area contributed by atoms with E-state index in [1.807, 2.05) is 24.3 Å². The molecule has 1 aromatic carbocycles.